The number of carbonyl (C=O) groups is 1. The Kier molecular flexibility index (Phi) is 5.94. The molecule has 0 aliphatic heterocycles. The van der Waals surface area contributed by atoms with Gasteiger partial charge >= 0.3 is 5.97 Å². The van der Waals surface area contributed by atoms with Crippen LogP contribution in [0.5, 0.6) is 0 Å². The van der Waals surface area contributed by atoms with Crippen molar-refractivity contribution < 1.29 is 14.6 Å². The highest BCUT2D eigenvalue weighted by molar-refractivity contribution is 5.86. The van der Waals surface area contributed by atoms with E-state index in [0.717, 1.165) is 6.42 Å². The Hall–Kier alpha value is -1.09. The van der Waals surface area contributed by atoms with Crippen LogP contribution in [0.2, 0.25) is 0 Å². The van der Waals surface area contributed by atoms with Crippen molar-refractivity contribution in [3.8, 4) is 0 Å². The molecule has 0 atom stereocenters. The summed E-state index contributed by atoms with van der Waals surface area (Å²) < 4.78 is 5.13. The van der Waals surface area contributed by atoms with Crippen molar-refractivity contribution in [2.45, 2.75) is 27.2 Å². The first-order chi connectivity index (χ1) is 6.93. The molecule has 3 nitrogen and oxygen atoms in total. The fraction of sp³-hybridized carbons (Fsp3) is 0.583. The van der Waals surface area contributed by atoms with Crippen LogP contribution in [0.15, 0.2) is 24.3 Å². The summed E-state index contributed by atoms with van der Waals surface area (Å²) in [5, 5.41) is 8.96. The third-order valence-corrected chi connectivity index (χ3v) is 2.24. The lowest BCUT2D eigenvalue weighted by atomic mass is 9.88. The first-order valence-electron chi connectivity index (χ1n) is 5.06. The van der Waals surface area contributed by atoms with Gasteiger partial charge in [-0.05, 0) is 11.8 Å². The molecule has 0 aliphatic carbocycles. The van der Waals surface area contributed by atoms with E-state index in [9.17, 15) is 4.79 Å². The number of carboxylic acids is 1. The zero-order chi connectivity index (χ0) is 11.9. The Morgan fingerprint density at radius 2 is 2.13 bits per heavy atom. The predicted molar refractivity (Wildman–Crippen MR) is 60.8 cm³/mol. The van der Waals surface area contributed by atoms with Crippen LogP contribution in [-0.2, 0) is 9.53 Å². The summed E-state index contributed by atoms with van der Waals surface area (Å²) in [5.41, 5.74) is 0.203. The Bertz CT molecular complexity index is 252. The average molecular weight is 212 g/mol. The topological polar surface area (TPSA) is 46.5 Å². The summed E-state index contributed by atoms with van der Waals surface area (Å²) in [6.45, 7) is 10.0. The molecular formula is C12H20O3. The Labute approximate surface area is 91.4 Å². The minimum absolute atomic E-state index is 0.106. The number of hydrogen-bond donors (Lipinski definition) is 1. The highest BCUT2D eigenvalue weighted by Crippen LogP contribution is 2.23. The third-order valence-electron chi connectivity index (χ3n) is 2.24. The van der Waals surface area contributed by atoms with E-state index in [2.05, 4.69) is 6.58 Å². The summed E-state index contributed by atoms with van der Waals surface area (Å²) in [5.74, 6) is -0.916. The minimum atomic E-state index is -0.916. The molecule has 0 fully saturated rings. The quantitative estimate of drug-likeness (QED) is 0.401. The third kappa shape index (κ3) is 6.07. The normalized spacial score (nSPS) is 12.6. The number of rotatable bonds is 7. The van der Waals surface area contributed by atoms with Crippen molar-refractivity contribution in [3.05, 3.63) is 24.3 Å². The second kappa shape index (κ2) is 6.40. The molecule has 0 radical (unpaired) electrons. The minimum Gasteiger partial charge on any atom is -0.478 e. The highest BCUT2D eigenvalue weighted by atomic mass is 16.5. The largest absolute Gasteiger partial charge is 0.478 e. The molecule has 1 N–H and O–H groups in total. The molecule has 0 unspecified atom stereocenters. The molecule has 0 spiro atoms. The van der Waals surface area contributed by atoms with Gasteiger partial charge in [0.1, 0.15) is 0 Å². The monoisotopic (exact) mass is 212 g/mol. The molecule has 0 heterocycles. The summed E-state index contributed by atoms with van der Waals surface area (Å²) in [6, 6.07) is 0. The van der Waals surface area contributed by atoms with E-state index in [1.54, 1.807) is 12.2 Å². The fourth-order valence-corrected chi connectivity index (χ4v) is 0.991. The van der Waals surface area contributed by atoms with Gasteiger partial charge in [-0.1, -0.05) is 32.9 Å². The van der Waals surface area contributed by atoms with Crippen molar-refractivity contribution in [1.29, 1.82) is 0 Å². The molecule has 3 heteroatoms. The lowest BCUT2D eigenvalue weighted by Crippen LogP contribution is -2.14. The van der Waals surface area contributed by atoms with Gasteiger partial charge in [-0.2, -0.15) is 0 Å². The molecule has 0 aliphatic rings. The first kappa shape index (κ1) is 13.9. The van der Waals surface area contributed by atoms with E-state index in [1.165, 1.54) is 0 Å². The van der Waals surface area contributed by atoms with Crippen molar-refractivity contribution in [1.82, 2.24) is 0 Å². The Balaban J connectivity index is 4.51. The lowest BCUT2D eigenvalue weighted by Gasteiger charge is -2.18. The van der Waals surface area contributed by atoms with Crippen LogP contribution in [0.4, 0.5) is 0 Å². The molecule has 0 aromatic carbocycles. The van der Waals surface area contributed by atoms with E-state index in [1.807, 2.05) is 20.8 Å². The first-order valence-corrected chi connectivity index (χ1v) is 5.06. The maximum atomic E-state index is 10.9. The number of ether oxygens (including phenoxy) is 1. The van der Waals surface area contributed by atoms with Crippen molar-refractivity contribution in [2.75, 3.05) is 13.2 Å². The number of carboxylic acid groups (broad SMARTS) is 1. The van der Waals surface area contributed by atoms with E-state index < -0.39 is 5.97 Å². The van der Waals surface area contributed by atoms with Gasteiger partial charge in [0.05, 0.1) is 18.8 Å². The standard InChI is InChI=1S/C12H20O3/c1-5-7-15-9-10(11(13)14)8-12(3,4)6-2/h5,8H,1,6-7,9H2,2-4H3,(H,13,14). The van der Waals surface area contributed by atoms with Crippen molar-refractivity contribution in [2.24, 2.45) is 5.41 Å². The van der Waals surface area contributed by atoms with Crippen LogP contribution in [0, 0.1) is 5.41 Å². The number of hydrogen-bond acceptors (Lipinski definition) is 2. The van der Waals surface area contributed by atoms with Gasteiger partial charge in [0.2, 0.25) is 0 Å². The molecule has 15 heavy (non-hydrogen) atoms. The van der Waals surface area contributed by atoms with Crippen molar-refractivity contribution in [3.63, 3.8) is 0 Å². The van der Waals surface area contributed by atoms with E-state index >= 15 is 0 Å². The van der Waals surface area contributed by atoms with Crippen molar-refractivity contribution >= 4 is 5.97 Å². The molecule has 0 aromatic rings. The molecule has 0 saturated carbocycles. The van der Waals surface area contributed by atoms with Crippen LogP contribution >= 0.6 is 0 Å². The van der Waals surface area contributed by atoms with Gasteiger partial charge < -0.3 is 9.84 Å². The second-order valence-electron chi connectivity index (χ2n) is 4.12. The fourth-order valence-electron chi connectivity index (χ4n) is 0.991. The number of allylic oxidation sites excluding steroid dienone is 1. The molecule has 0 saturated heterocycles. The molecule has 0 amide bonds. The second-order valence-corrected chi connectivity index (χ2v) is 4.12. The van der Waals surface area contributed by atoms with Gasteiger partial charge in [-0.25, -0.2) is 4.79 Å². The predicted octanol–water partition coefficient (Wildman–Crippen LogP) is 2.64. The van der Waals surface area contributed by atoms with E-state index in [4.69, 9.17) is 9.84 Å². The summed E-state index contributed by atoms with van der Waals surface area (Å²) >= 11 is 0. The highest BCUT2D eigenvalue weighted by Gasteiger charge is 2.16. The van der Waals surface area contributed by atoms with E-state index in [0.29, 0.717) is 12.2 Å². The lowest BCUT2D eigenvalue weighted by molar-refractivity contribution is -0.133. The SMILES string of the molecule is C=CCOCC(=CC(C)(C)CC)C(=O)O. The van der Waals surface area contributed by atoms with Gasteiger partial charge in [0.25, 0.3) is 0 Å². The molecule has 86 valence electrons. The average Bonchev–Trinajstić information content (AvgIpc) is 2.16. The van der Waals surface area contributed by atoms with Gasteiger partial charge in [-0.15, -0.1) is 6.58 Å². The van der Waals surface area contributed by atoms with Crippen LogP contribution in [0.1, 0.15) is 27.2 Å². The summed E-state index contributed by atoms with van der Waals surface area (Å²) in [4.78, 5) is 10.9. The van der Waals surface area contributed by atoms with E-state index in [-0.39, 0.29) is 12.0 Å². The summed E-state index contributed by atoms with van der Waals surface area (Å²) in [7, 11) is 0. The number of aliphatic carboxylic acids is 1. The Morgan fingerprint density at radius 1 is 1.53 bits per heavy atom. The van der Waals surface area contributed by atoms with Crippen LogP contribution < -0.4 is 0 Å². The maximum absolute atomic E-state index is 10.9. The smallest absolute Gasteiger partial charge is 0.333 e. The molecule has 0 bridgehead atoms. The van der Waals surface area contributed by atoms with Gasteiger partial charge in [-0.3, -0.25) is 0 Å². The van der Waals surface area contributed by atoms with Crippen LogP contribution in [0.25, 0.3) is 0 Å². The Morgan fingerprint density at radius 3 is 2.53 bits per heavy atom. The zero-order valence-corrected chi connectivity index (χ0v) is 9.75. The zero-order valence-electron chi connectivity index (χ0n) is 9.75. The maximum Gasteiger partial charge on any atom is 0.333 e. The van der Waals surface area contributed by atoms with Crippen LogP contribution in [0.3, 0.4) is 0 Å². The molecule has 0 aromatic heterocycles. The summed E-state index contributed by atoms with van der Waals surface area (Å²) in [6.07, 6.45) is 4.26. The molecular weight excluding hydrogens is 192 g/mol. The van der Waals surface area contributed by atoms with Gasteiger partial charge in [0.15, 0.2) is 0 Å². The van der Waals surface area contributed by atoms with Gasteiger partial charge in [0, 0.05) is 0 Å². The van der Waals surface area contributed by atoms with Crippen LogP contribution in [-0.4, -0.2) is 24.3 Å². The molecule has 0 rings (SSSR count).